The number of para-hydroxylation sites is 2. The van der Waals surface area contributed by atoms with Gasteiger partial charge in [-0.3, -0.25) is 4.79 Å². The van der Waals surface area contributed by atoms with Crippen LogP contribution in [0.4, 0.5) is 5.69 Å². The number of furan rings is 1. The van der Waals surface area contributed by atoms with Crippen molar-refractivity contribution in [1.29, 1.82) is 0 Å². The SMILES string of the molecule is Cc1c(C(=O)O[C@@H](C)C(=O)N2c3ccccc3C[C@@H]2C)oc2ccccc12. The Morgan fingerprint density at radius 1 is 1.15 bits per heavy atom. The van der Waals surface area contributed by atoms with E-state index in [1.54, 1.807) is 17.9 Å². The predicted molar refractivity (Wildman–Crippen MR) is 103 cm³/mol. The van der Waals surface area contributed by atoms with Crippen LogP contribution in [0.5, 0.6) is 0 Å². The van der Waals surface area contributed by atoms with Crippen molar-refractivity contribution < 1.29 is 18.7 Å². The summed E-state index contributed by atoms with van der Waals surface area (Å²) < 4.78 is 11.1. The minimum absolute atomic E-state index is 0.0315. The summed E-state index contributed by atoms with van der Waals surface area (Å²) in [6, 6.07) is 15.3. The number of esters is 1. The van der Waals surface area contributed by atoms with Crippen LogP contribution in [0, 0.1) is 6.92 Å². The second kappa shape index (κ2) is 6.58. The molecule has 3 aromatic rings. The van der Waals surface area contributed by atoms with E-state index in [0.29, 0.717) is 5.58 Å². The van der Waals surface area contributed by atoms with Crippen molar-refractivity contribution >= 4 is 28.5 Å². The van der Waals surface area contributed by atoms with Crippen molar-refractivity contribution in [3.05, 3.63) is 65.4 Å². The molecule has 4 rings (SSSR count). The van der Waals surface area contributed by atoms with Gasteiger partial charge in [-0.2, -0.15) is 0 Å². The van der Waals surface area contributed by atoms with Gasteiger partial charge in [0.2, 0.25) is 5.76 Å². The van der Waals surface area contributed by atoms with Gasteiger partial charge in [0.15, 0.2) is 6.10 Å². The first-order valence-electron chi connectivity index (χ1n) is 9.07. The molecule has 2 aromatic carbocycles. The zero-order valence-corrected chi connectivity index (χ0v) is 15.6. The number of rotatable bonds is 3. The number of amides is 1. The third kappa shape index (κ3) is 2.89. The van der Waals surface area contributed by atoms with Crippen LogP contribution in [0.1, 0.15) is 35.5 Å². The molecule has 5 heteroatoms. The molecule has 2 atom stereocenters. The molecule has 0 spiro atoms. The molecule has 1 aliphatic rings. The summed E-state index contributed by atoms with van der Waals surface area (Å²) in [5.74, 6) is -0.704. The van der Waals surface area contributed by atoms with Crippen LogP contribution in [0.3, 0.4) is 0 Å². The Balaban J connectivity index is 1.55. The van der Waals surface area contributed by atoms with Gasteiger partial charge < -0.3 is 14.1 Å². The number of ether oxygens (including phenoxy) is 1. The first-order chi connectivity index (χ1) is 13.0. The molecule has 0 saturated heterocycles. The van der Waals surface area contributed by atoms with E-state index in [1.807, 2.05) is 56.3 Å². The molecule has 0 aliphatic carbocycles. The van der Waals surface area contributed by atoms with Crippen molar-refractivity contribution in [3.63, 3.8) is 0 Å². The highest BCUT2D eigenvalue weighted by Crippen LogP contribution is 2.33. The van der Waals surface area contributed by atoms with Crippen LogP contribution in [0.25, 0.3) is 11.0 Å². The van der Waals surface area contributed by atoms with Gasteiger partial charge in [-0.1, -0.05) is 36.4 Å². The van der Waals surface area contributed by atoms with Gasteiger partial charge >= 0.3 is 5.97 Å². The molecule has 0 fully saturated rings. The molecule has 0 radical (unpaired) electrons. The smallest absolute Gasteiger partial charge is 0.375 e. The van der Waals surface area contributed by atoms with E-state index >= 15 is 0 Å². The number of hydrogen-bond acceptors (Lipinski definition) is 4. The number of aryl methyl sites for hydroxylation is 1. The molecule has 27 heavy (non-hydrogen) atoms. The monoisotopic (exact) mass is 363 g/mol. The summed E-state index contributed by atoms with van der Waals surface area (Å²) in [7, 11) is 0. The molecular weight excluding hydrogens is 342 g/mol. The molecule has 2 heterocycles. The maximum atomic E-state index is 13.0. The topological polar surface area (TPSA) is 59.8 Å². The number of nitrogens with zero attached hydrogens (tertiary/aromatic N) is 1. The van der Waals surface area contributed by atoms with Gasteiger partial charge in [0, 0.05) is 22.7 Å². The molecule has 0 unspecified atom stereocenters. The molecule has 1 aromatic heterocycles. The highest BCUT2D eigenvalue weighted by Gasteiger charge is 2.35. The van der Waals surface area contributed by atoms with E-state index < -0.39 is 12.1 Å². The maximum absolute atomic E-state index is 13.0. The zero-order chi connectivity index (χ0) is 19.1. The van der Waals surface area contributed by atoms with E-state index in [9.17, 15) is 9.59 Å². The highest BCUT2D eigenvalue weighted by atomic mass is 16.6. The maximum Gasteiger partial charge on any atom is 0.375 e. The van der Waals surface area contributed by atoms with Crippen molar-refractivity contribution in [1.82, 2.24) is 0 Å². The van der Waals surface area contributed by atoms with Gasteiger partial charge in [-0.15, -0.1) is 0 Å². The molecule has 0 N–H and O–H groups in total. The standard InChI is InChI=1S/C22H21NO4/c1-13-12-16-8-4-6-10-18(16)23(13)21(24)15(3)26-22(25)20-14(2)17-9-5-7-11-19(17)27-20/h4-11,13,15H,12H2,1-3H3/t13-,15-/m0/s1. The molecule has 138 valence electrons. The van der Waals surface area contributed by atoms with Crippen molar-refractivity contribution in [3.8, 4) is 0 Å². The second-order valence-electron chi connectivity index (χ2n) is 6.99. The Morgan fingerprint density at radius 2 is 1.85 bits per heavy atom. The Labute approximate surface area is 157 Å². The lowest BCUT2D eigenvalue weighted by Crippen LogP contribution is -2.43. The summed E-state index contributed by atoms with van der Waals surface area (Å²) >= 11 is 0. The predicted octanol–water partition coefficient (Wildman–Crippen LogP) is 4.26. The van der Waals surface area contributed by atoms with Crippen molar-refractivity contribution in [2.24, 2.45) is 0 Å². The third-order valence-corrected chi connectivity index (χ3v) is 5.11. The average molecular weight is 363 g/mol. The summed E-state index contributed by atoms with van der Waals surface area (Å²) in [6.07, 6.45) is -0.107. The number of hydrogen-bond donors (Lipinski definition) is 0. The minimum atomic E-state index is -0.904. The van der Waals surface area contributed by atoms with E-state index in [2.05, 4.69) is 0 Å². The van der Waals surface area contributed by atoms with Crippen molar-refractivity contribution in [2.45, 2.75) is 39.3 Å². The molecular formula is C22H21NO4. The molecule has 0 bridgehead atoms. The molecule has 1 aliphatic heterocycles. The molecule has 0 saturated carbocycles. The fourth-order valence-electron chi connectivity index (χ4n) is 3.73. The summed E-state index contributed by atoms with van der Waals surface area (Å²) in [4.78, 5) is 27.3. The number of carbonyl (C=O) groups excluding carboxylic acids is 2. The van der Waals surface area contributed by atoms with Gasteiger partial charge in [0.25, 0.3) is 5.91 Å². The summed E-state index contributed by atoms with van der Waals surface area (Å²) in [5, 5.41) is 0.866. The van der Waals surface area contributed by atoms with E-state index in [-0.39, 0.29) is 17.7 Å². The van der Waals surface area contributed by atoms with Gasteiger partial charge in [-0.25, -0.2) is 4.79 Å². The van der Waals surface area contributed by atoms with Crippen LogP contribution < -0.4 is 4.90 Å². The Kier molecular flexibility index (Phi) is 4.22. The lowest BCUT2D eigenvalue weighted by molar-refractivity contribution is -0.126. The average Bonchev–Trinajstić information content (AvgIpc) is 3.18. The van der Waals surface area contributed by atoms with Gasteiger partial charge in [-0.05, 0) is 44.9 Å². The third-order valence-electron chi connectivity index (χ3n) is 5.11. The van der Waals surface area contributed by atoms with Crippen LogP contribution >= 0.6 is 0 Å². The number of anilines is 1. The van der Waals surface area contributed by atoms with Crippen molar-refractivity contribution in [2.75, 3.05) is 4.90 Å². The Morgan fingerprint density at radius 3 is 2.63 bits per heavy atom. The quantitative estimate of drug-likeness (QED) is 0.652. The fourth-order valence-corrected chi connectivity index (χ4v) is 3.73. The van der Waals surface area contributed by atoms with Crippen LogP contribution in [0.2, 0.25) is 0 Å². The normalized spacial score (nSPS) is 17.0. The fraction of sp³-hybridized carbons (Fsp3) is 0.273. The highest BCUT2D eigenvalue weighted by molar-refractivity contribution is 6.01. The Bertz CT molecular complexity index is 1040. The van der Waals surface area contributed by atoms with E-state index in [4.69, 9.17) is 9.15 Å². The lowest BCUT2D eigenvalue weighted by atomic mass is 10.1. The second-order valence-corrected chi connectivity index (χ2v) is 6.99. The van der Waals surface area contributed by atoms with Crippen LogP contribution in [-0.2, 0) is 16.0 Å². The number of fused-ring (bicyclic) bond motifs is 2. The van der Waals surface area contributed by atoms with Crippen LogP contribution in [0.15, 0.2) is 52.9 Å². The van der Waals surface area contributed by atoms with Gasteiger partial charge in [0.05, 0.1) is 0 Å². The Hall–Kier alpha value is -3.08. The lowest BCUT2D eigenvalue weighted by Gasteiger charge is -2.25. The van der Waals surface area contributed by atoms with E-state index in [0.717, 1.165) is 28.6 Å². The number of benzene rings is 2. The largest absolute Gasteiger partial charge is 0.449 e. The zero-order valence-electron chi connectivity index (χ0n) is 15.6. The summed E-state index contributed by atoms with van der Waals surface area (Å²) in [6.45, 7) is 5.41. The number of carbonyl (C=O) groups is 2. The van der Waals surface area contributed by atoms with Gasteiger partial charge in [0.1, 0.15) is 5.58 Å². The van der Waals surface area contributed by atoms with E-state index in [1.165, 1.54) is 0 Å². The van der Waals surface area contributed by atoms with Crippen LogP contribution in [-0.4, -0.2) is 24.0 Å². The first kappa shape index (κ1) is 17.3. The molecule has 5 nitrogen and oxygen atoms in total. The molecule has 1 amide bonds. The summed E-state index contributed by atoms with van der Waals surface area (Å²) in [5.41, 5.74) is 3.36. The first-order valence-corrected chi connectivity index (χ1v) is 9.07. The minimum Gasteiger partial charge on any atom is -0.449 e.